The molecule has 0 radical (unpaired) electrons. The van der Waals surface area contributed by atoms with E-state index in [0.29, 0.717) is 18.6 Å². The summed E-state index contributed by atoms with van der Waals surface area (Å²) in [5, 5.41) is 0. The quantitative estimate of drug-likeness (QED) is 0.719. The van der Waals surface area contributed by atoms with Gasteiger partial charge in [-0.15, -0.1) is 0 Å². The lowest BCUT2D eigenvalue weighted by atomic mass is 9.95. The minimum atomic E-state index is -0.827. The summed E-state index contributed by atoms with van der Waals surface area (Å²) in [6.45, 7) is 10.9. The number of halogens is 1. The standard InChI is InChI=1S/C17H33FN2O2/c1-14(2)22-11-10-19-7-4-15(5-8-19)12-20-9-6-17(21-3)16(18)13-20/h14-17H,4-13H2,1-3H3. The first kappa shape index (κ1) is 18.1. The summed E-state index contributed by atoms with van der Waals surface area (Å²) in [4.78, 5) is 4.79. The van der Waals surface area contributed by atoms with Crippen LogP contribution in [0.15, 0.2) is 0 Å². The number of likely N-dealkylation sites (tertiary alicyclic amines) is 2. The molecule has 0 amide bonds. The summed E-state index contributed by atoms with van der Waals surface area (Å²) in [5.41, 5.74) is 0. The van der Waals surface area contributed by atoms with Crippen LogP contribution < -0.4 is 0 Å². The molecular formula is C17H33FN2O2. The van der Waals surface area contributed by atoms with Gasteiger partial charge < -0.3 is 14.4 Å². The topological polar surface area (TPSA) is 24.9 Å². The van der Waals surface area contributed by atoms with E-state index in [4.69, 9.17) is 9.47 Å². The van der Waals surface area contributed by atoms with Crippen molar-refractivity contribution in [1.29, 1.82) is 0 Å². The first-order valence-electron chi connectivity index (χ1n) is 8.81. The van der Waals surface area contributed by atoms with Gasteiger partial charge >= 0.3 is 0 Å². The third kappa shape index (κ3) is 5.76. The van der Waals surface area contributed by atoms with Gasteiger partial charge in [-0.25, -0.2) is 4.39 Å². The second-order valence-corrected chi connectivity index (χ2v) is 7.04. The molecule has 2 aliphatic rings. The summed E-state index contributed by atoms with van der Waals surface area (Å²) >= 11 is 0. The van der Waals surface area contributed by atoms with Gasteiger partial charge in [-0.2, -0.15) is 0 Å². The van der Waals surface area contributed by atoms with Crippen molar-refractivity contribution in [3.05, 3.63) is 0 Å². The summed E-state index contributed by atoms with van der Waals surface area (Å²) in [6.07, 6.45) is 2.57. The number of hydrogen-bond acceptors (Lipinski definition) is 4. The van der Waals surface area contributed by atoms with Crippen molar-refractivity contribution in [2.24, 2.45) is 5.92 Å². The van der Waals surface area contributed by atoms with Crippen LogP contribution in [-0.4, -0.2) is 81.2 Å². The number of methoxy groups -OCH3 is 1. The number of ether oxygens (including phenoxy) is 2. The molecule has 0 saturated carbocycles. The van der Waals surface area contributed by atoms with E-state index < -0.39 is 6.17 Å². The molecule has 2 heterocycles. The molecule has 0 N–H and O–H groups in total. The number of rotatable bonds is 7. The molecule has 0 aromatic heterocycles. The SMILES string of the molecule is COC1CCN(CC2CCN(CCOC(C)C)CC2)CC1F. The highest BCUT2D eigenvalue weighted by Crippen LogP contribution is 2.22. The van der Waals surface area contributed by atoms with E-state index in [1.54, 1.807) is 7.11 Å². The molecule has 2 saturated heterocycles. The Kier molecular flexibility index (Phi) is 7.54. The van der Waals surface area contributed by atoms with E-state index in [-0.39, 0.29) is 6.10 Å². The fourth-order valence-electron chi connectivity index (χ4n) is 3.55. The molecule has 0 aromatic carbocycles. The Hall–Kier alpha value is -0.230. The maximum Gasteiger partial charge on any atom is 0.139 e. The largest absolute Gasteiger partial charge is 0.378 e. The summed E-state index contributed by atoms with van der Waals surface area (Å²) in [7, 11) is 1.62. The van der Waals surface area contributed by atoms with Crippen molar-refractivity contribution in [2.75, 3.05) is 53.0 Å². The molecule has 2 rings (SSSR count). The van der Waals surface area contributed by atoms with E-state index >= 15 is 0 Å². The van der Waals surface area contributed by atoms with Gasteiger partial charge in [-0.05, 0) is 52.1 Å². The zero-order valence-electron chi connectivity index (χ0n) is 14.5. The zero-order valence-corrected chi connectivity index (χ0v) is 14.5. The lowest BCUT2D eigenvalue weighted by Gasteiger charge is -2.38. The van der Waals surface area contributed by atoms with Crippen molar-refractivity contribution >= 4 is 0 Å². The van der Waals surface area contributed by atoms with E-state index in [9.17, 15) is 4.39 Å². The van der Waals surface area contributed by atoms with Gasteiger partial charge in [-0.1, -0.05) is 0 Å². The van der Waals surface area contributed by atoms with Crippen LogP contribution in [0.5, 0.6) is 0 Å². The van der Waals surface area contributed by atoms with Crippen LogP contribution in [-0.2, 0) is 9.47 Å². The highest BCUT2D eigenvalue weighted by atomic mass is 19.1. The summed E-state index contributed by atoms with van der Waals surface area (Å²) < 4.78 is 24.7. The van der Waals surface area contributed by atoms with Gasteiger partial charge in [0.2, 0.25) is 0 Å². The van der Waals surface area contributed by atoms with Gasteiger partial charge in [0, 0.05) is 33.3 Å². The molecule has 5 heteroatoms. The molecule has 2 aliphatic heterocycles. The van der Waals surface area contributed by atoms with Crippen LogP contribution in [0.2, 0.25) is 0 Å². The van der Waals surface area contributed by atoms with Crippen LogP contribution >= 0.6 is 0 Å². The fraction of sp³-hybridized carbons (Fsp3) is 1.00. The van der Waals surface area contributed by atoms with Crippen molar-refractivity contribution in [2.45, 2.75) is 51.5 Å². The number of hydrogen-bond donors (Lipinski definition) is 0. The van der Waals surface area contributed by atoms with Crippen LogP contribution in [0.4, 0.5) is 4.39 Å². The molecule has 0 aliphatic carbocycles. The second-order valence-electron chi connectivity index (χ2n) is 7.04. The first-order chi connectivity index (χ1) is 10.6. The molecule has 2 atom stereocenters. The molecule has 2 unspecified atom stereocenters. The Balaban J connectivity index is 1.61. The van der Waals surface area contributed by atoms with Crippen molar-refractivity contribution in [3.63, 3.8) is 0 Å². The summed E-state index contributed by atoms with van der Waals surface area (Å²) in [6, 6.07) is 0. The highest BCUT2D eigenvalue weighted by molar-refractivity contribution is 4.83. The Labute approximate surface area is 134 Å². The predicted octanol–water partition coefficient (Wildman–Crippen LogP) is 2.18. The average Bonchev–Trinajstić information content (AvgIpc) is 2.49. The van der Waals surface area contributed by atoms with Crippen LogP contribution in [0.25, 0.3) is 0 Å². The normalized spacial score (nSPS) is 29.3. The van der Waals surface area contributed by atoms with Gasteiger partial charge in [0.1, 0.15) is 6.17 Å². The van der Waals surface area contributed by atoms with Gasteiger partial charge in [0.05, 0.1) is 18.8 Å². The Bertz CT molecular complexity index is 309. The third-order valence-electron chi connectivity index (χ3n) is 4.95. The fourth-order valence-corrected chi connectivity index (χ4v) is 3.55. The third-order valence-corrected chi connectivity index (χ3v) is 4.95. The van der Waals surface area contributed by atoms with Crippen LogP contribution in [0, 0.1) is 5.92 Å². The Morgan fingerprint density at radius 3 is 2.36 bits per heavy atom. The molecule has 130 valence electrons. The van der Waals surface area contributed by atoms with Gasteiger partial charge in [0.15, 0.2) is 0 Å². The highest BCUT2D eigenvalue weighted by Gasteiger charge is 2.30. The molecule has 0 spiro atoms. The van der Waals surface area contributed by atoms with Crippen molar-refractivity contribution in [3.8, 4) is 0 Å². The lowest BCUT2D eigenvalue weighted by molar-refractivity contribution is -0.0278. The molecule has 4 nitrogen and oxygen atoms in total. The molecular weight excluding hydrogens is 283 g/mol. The van der Waals surface area contributed by atoms with E-state index in [1.807, 2.05) is 0 Å². The average molecular weight is 316 g/mol. The smallest absolute Gasteiger partial charge is 0.139 e. The number of nitrogens with zero attached hydrogens (tertiary/aromatic N) is 2. The molecule has 0 bridgehead atoms. The maximum atomic E-state index is 13.9. The zero-order chi connectivity index (χ0) is 15.9. The second kappa shape index (κ2) is 9.16. The minimum Gasteiger partial charge on any atom is -0.378 e. The van der Waals surface area contributed by atoms with Gasteiger partial charge in [-0.3, -0.25) is 4.90 Å². The predicted molar refractivity (Wildman–Crippen MR) is 87.0 cm³/mol. The monoisotopic (exact) mass is 316 g/mol. The molecule has 22 heavy (non-hydrogen) atoms. The lowest BCUT2D eigenvalue weighted by Crippen LogP contribution is -2.48. The van der Waals surface area contributed by atoms with E-state index in [1.165, 1.54) is 12.8 Å². The first-order valence-corrected chi connectivity index (χ1v) is 8.81. The molecule has 0 aromatic rings. The van der Waals surface area contributed by atoms with Crippen LogP contribution in [0.1, 0.15) is 33.1 Å². The van der Waals surface area contributed by atoms with Gasteiger partial charge in [0.25, 0.3) is 0 Å². The Morgan fingerprint density at radius 2 is 1.77 bits per heavy atom. The van der Waals surface area contributed by atoms with Crippen molar-refractivity contribution < 1.29 is 13.9 Å². The van der Waals surface area contributed by atoms with Crippen molar-refractivity contribution in [1.82, 2.24) is 9.80 Å². The maximum absolute atomic E-state index is 13.9. The number of alkyl halides is 1. The van der Waals surface area contributed by atoms with E-state index in [2.05, 4.69) is 23.6 Å². The number of piperidine rings is 2. The molecule has 2 fully saturated rings. The van der Waals surface area contributed by atoms with Crippen LogP contribution in [0.3, 0.4) is 0 Å². The summed E-state index contributed by atoms with van der Waals surface area (Å²) in [5.74, 6) is 0.716. The Morgan fingerprint density at radius 1 is 1.09 bits per heavy atom. The minimum absolute atomic E-state index is 0.195. The van der Waals surface area contributed by atoms with E-state index in [0.717, 1.165) is 45.8 Å².